The molecule has 0 bridgehead atoms. The molecule has 0 saturated heterocycles. The third-order valence-electron chi connectivity index (χ3n) is 8.72. The Morgan fingerprint density at radius 1 is 0.673 bits per heavy atom. The summed E-state index contributed by atoms with van der Waals surface area (Å²) in [4.78, 5) is 25.1. The molecule has 0 aliphatic carbocycles. The van der Waals surface area contributed by atoms with E-state index in [0.29, 0.717) is 11.1 Å². The van der Waals surface area contributed by atoms with Crippen LogP contribution in [0.3, 0.4) is 0 Å². The van der Waals surface area contributed by atoms with Crippen molar-refractivity contribution in [3.05, 3.63) is 168 Å². The Labute approximate surface area is 300 Å². The Kier molecular flexibility index (Phi) is 9.70. The first-order valence-electron chi connectivity index (χ1n) is 16.7. The molecule has 7 aromatic rings. The van der Waals surface area contributed by atoms with Gasteiger partial charge in [-0.05, 0) is 83.9 Å². The Morgan fingerprint density at radius 3 is 1.81 bits per heavy atom. The number of carbonyl (C=O) groups is 2. The van der Waals surface area contributed by atoms with E-state index < -0.39 is 0 Å². The molecule has 2 amide bonds. The maximum atomic E-state index is 12.5. The van der Waals surface area contributed by atoms with Crippen LogP contribution in [0.1, 0.15) is 31.8 Å². The van der Waals surface area contributed by atoms with Gasteiger partial charge in [-0.25, -0.2) is 28.8 Å². The SMILES string of the molecule is Cn1c(-c2ccc(/C=C/C=N/NC(=O)c3ccc(C(=O)N/N=C/C=C\c4ccc(-c5cn6ccccc6[n+]5C)cc4)cc3)cc2)c[n+]2ccccc12. The summed E-state index contributed by atoms with van der Waals surface area (Å²) in [5.74, 6) is -0.776. The smallest absolute Gasteiger partial charge is 0.267 e. The van der Waals surface area contributed by atoms with Gasteiger partial charge in [0.15, 0.2) is 11.4 Å². The van der Waals surface area contributed by atoms with Crippen molar-refractivity contribution in [2.45, 2.75) is 0 Å². The summed E-state index contributed by atoms with van der Waals surface area (Å²) >= 11 is 0. The lowest BCUT2D eigenvalue weighted by Gasteiger charge is -2.02. The Bertz CT molecular complexity index is 2330. The number of amides is 2. The Hall–Kier alpha value is -7.20. The lowest BCUT2D eigenvalue weighted by atomic mass is 10.1. The molecule has 0 unspecified atom stereocenters. The van der Waals surface area contributed by atoms with E-state index in [0.717, 1.165) is 44.9 Å². The van der Waals surface area contributed by atoms with E-state index in [9.17, 15) is 9.59 Å². The number of nitrogens with one attached hydrogen (secondary N) is 2. The van der Waals surface area contributed by atoms with Crippen LogP contribution >= 0.6 is 0 Å². The molecule has 0 fully saturated rings. The maximum absolute atomic E-state index is 12.5. The molecule has 0 aliphatic rings. The van der Waals surface area contributed by atoms with E-state index >= 15 is 0 Å². The average molecular weight is 685 g/mol. The standard InChI is InChI=1S/C42H34N8O2/c1-47-37(29-49-27-5-3-11-39(47)49)33-17-13-31(14-18-33)9-7-25-43-45-41(51)35-21-23-36(24-22-35)42(52)46-44-26-8-10-32-15-19-34(20-16-32)38-30-50-28-6-4-12-40(50)48(38)2/h3-30H,1-2H3/p+2/b9-7-,10-8+,43-25+,44-26+. The van der Waals surface area contributed by atoms with Gasteiger partial charge in [0, 0.05) is 46.8 Å². The monoisotopic (exact) mass is 684 g/mol. The van der Waals surface area contributed by atoms with Crippen LogP contribution in [-0.2, 0) is 14.1 Å². The molecule has 0 spiro atoms. The van der Waals surface area contributed by atoms with Crippen LogP contribution < -0.4 is 19.8 Å². The molecule has 3 aromatic carbocycles. The molecule has 0 atom stereocenters. The lowest BCUT2D eigenvalue weighted by Crippen LogP contribution is -2.29. The van der Waals surface area contributed by atoms with E-state index in [-0.39, 0.29) is 11.8 Å². The van der Waals surface area contributed by atoms with Crippen molar-refractivity contribution in [1.82, 2.24) is 19.8 Å². The van der Waals surface area contributed by atoms with E-state index in [1.54, 1.807) is 36.4 Å². The first-order chi connectivity index (χ1) is 25.4. The molecule has 10 heteroatoms. The van der Waals surface area contributed by atoms with Crippen molar-refractivity contribution < 1.29 is 18.6 Å². The van der Waals surface area contributed by atoms with Crippen molar-refractivity contribution in [2.24, 2.45) is 24.3 Å². The second-order valence-corrected chi connectivity index (χ2v) is 12.1. The predicted molar refractivity (Wildman–Crippen MR) is 204 cm³/mol. The van der Waals surface area contributed by atoms with Crippen molar-refractivity contribution in [1.29, 1.82) is 0 Å². The van der Waals surface area contributed by atoms with Crippen LogP contribution in [0.2, 0.25) is 0 Å². The van der Waals surface area contributed by atoms with E-state index in [1.165, 1.54) is 12.4 Å². The topological polar surface area (TPSA) is 100 Å². The third-order valence-corrected chi connectivity index (χ3v) is 8.72. The number of allylic oxidation sites excluding steroid dienone is 2. The minimum absolute atomic E-state index is 0.372. The van der Waals surface area contributed by atoms with Crippen LogP contribution in [0.15, 0.2) is 156 Å². The molecule has 4 heterocycles. The Morgan fingerprint density at radius 2 is 1.23 bits per heavy atom. The molecular weight excluding hydrogens is 649 g/mol. The van der Waals surface area contributed by atoms with E-state index in [4.69, 9.17) is 0 Å². The number of fused-ring (bicyclic) bond motifs is 2. The number of hydrogen-bond donors (Lipinski definition) is 2. The summed E-state index contributed by atoms with van der Waals surface area (Å²) in [5.41, 5.74) is 14.5. The molecule has 52 heavy (non-hydrogen) atoms. The van der Waals surface area contributed by atoms with Crippen LogP contribution in [0.4, 0.5) is 0 Å². The summed E-state index contributed by atoms with van der Waals surface area (Å²) in [5, 5.41) is 8.01. The number of aryl methyl sites for hydroxylation is 2. The van der Waals surface area contributed by atoms with Crippen LogP contribution in [0.25, 0.3) is 46.0 Å². The van der Waals surface area contributed by atoms with Gasteiger partial charge in [0.2, 0.25) is 0 Å². The van der Waals surface area contributed by atoms with Gasteiger partial charge in [-0.2, -0.15) is 10.2 Å². The molecule has 0 radical (unpaired) electrons. The fraction of sp³-hybridized carbons (Fsp3) is 0.0476. The zero-order chi connectivity index (χ0) is 35.9. The summed E-state index contributed by atoms with van der Waals surface area (Å²) < 4.78 is 8.52. The summed E-state index contributed by atoms with van der Waals surface area (Å²) in [7, 11) is 4.11. The maximum Gasteiger partial charge on any atom is 0.286 e. The van der Waals surface area contributed by atoms with Gasteiger partial charge in [0.25, 0.3) is 23.1 Å². The summed E-state index contributed by atoms with van der Waals surface area (Å²) in [6.45, 7) is 0. The number of hydrazone groups is 2. The van der Waals surface area contributed by atoms with Crippen molar-refractivity contribution in [2.75, 3.05) is 0 Å². The van der Waals surface area contributed by atoms with Gasteiger partial charge in [-0.1, -0.05) is 48.6 Å². The molecule has 0 saturated carbocycles. The largest absolute Gasteiger partial charge is 0.286 e. The molecular formula is C42H36N8O2+2. The van der Waals surface area contributed by atoms with Crippen LogP contribution in [-0.4, -0.2) is 33.2 Å². The highest BCUT2D eigenvalue weighted by Gasteiger charge is 2.16. The normalized spacial score (nSPS) is 11.9. The van der Waals surface area contributed by atoms with Crippen LogP contribution in [0.5, 0.6) is 0 Å². The first-order valence-corrected chi connectivity index (χ1v) is 16.7. The third kappa shape index (κ3) is 7.36. The molecule has 4 aromatic heterocycles. The summed E-state index contributed by atoms with van der Waals surface area (Å²) in [6, 6.07) is 34.9. The molecule has 254 valence electrons. The van der Waals surface area contributed by atoms with Gasteiger partial charge in [-0.15, -0.1) is 0 Å². The highest BCUT2D eigenvalue weighted by atomic mass is 16.2. The fourth-order valence-electron chi connectivity index (χ4n) is 5.92. The predicted octanol–water partition coefficient (Wildman–Crippen LogP) is 6.03. The zero-order valence-electron chi connectivity index (χ0n) is 28.7. The number of rotatable bonds is 10. The molecule has 0 aliphatic heterocycles. The van der Waals surface area contributed by atoms with Crippen LogP contribution in [0, 0.1) is 0 Å². The lowest BCUT2D eigenvalue weighted by molar-refractivity contribution is -0.633. The number of pyridine rings is 2. The quantitative estimate of drug-likeness (QED) is 0.104. The number of carbonyl (C=O) groups excluding carboxylic acids is 2. The average Bonchev–Trinajstić information content (AvgIpc) is 3.71. The van der Waals surface area contributed by atoms with Gasteiger partial charge < -0.3 is 0 Å². The van der Waals surface area contributed by atoms with E-state index in [2.05, 4.69) is 102 Å². The second-order valence-electron chi connectivity index (χ2n) is 12.1. The van der Waals surface area contributed by atoms with E-state index in [1.807, 2.05) is 73.1 Å². The molecule has 7 rings (SSSR count). The summed E-state index contributed by atoms with van der Waals surface area (Å²) in [6.07, 6.45) is 18.7. The number of hydrogen-bond acceptors (Lipinski definition) is 4. The number of aromatic nitrogens is 4. The molecule has 2 N–H and O–H groups in total. The van der Waals surface area contributed by atoms with Gasteiger partial charge in [0.05, 0.1) is 26.5 Å². The van der Waals surface area contributed by atoms with Gasteiger partial charge >= 0.3 is 0 Å². The number of nitrogens with zero attached hydrogens (tertiary/aromatic N) is 6. The fourth-order valence-corrected chi connectivity index (χ4v) is 5.92. The Balaban J connectivity index is 0.856. The first kappa shape index (κ1) is 33.3. The van der Waals surface area contributed by atoms with Crippen molar-refractivity contribution in [3.63, 3.8) is 0 Å². The van der Waals surface area contributed by atoms with Gasteiger partial charge in [-0.3, -0.25) is 9.59 Å². The van der Waals surface area contributed by atoms with Gasteiger partial charge in [0.1, 0.15) is 12.4 Å². The number of imidazole rings is 2. The molecule has 10 nitrogen and oxygen atoms in total. The minimum Gasteiger partial charge on any atom is -0.267 e. The number of benzene rings is 3. The second kappa shape index (κ2) is 15.1. The zero-order valence-corrected chi connectivity index (χ0v) is 28.7. The van der Waals surface area contributed by atoms with Crippen molar-refractivity contribution >= 4 is 47.7 Å². The highest BCUT2D eigenvalue weighted by Crippen LogP contribution is 2.21. The van der Waals surface area contributed by atoms with Crippen molar-refractivity contribution in [3.8, 4) is 22.5 Å². The highest BCUT2D eigenvalue weighted by molar-refractivity contribution is 5.98. The minimum atomic E-state index is -0.388.